The van der Waals surface area contributed by atoms with Gasteiger partial charge in [0.2, 0.25) is 17.7 Å². The Balaban J connectivity index is 1.46. The molecule has 3 heterocycles. The van der Waals surface area contributed by atoms with Crippen LogP contribution in [0.5, 0.6) is 5.75 Å². The van der Waals surface area contributed by atoms with Crippen LogP contribution < -0.4 is 15.4 Å². The molecule has 4 aliphatic rings. The molecule has 3 amide bonds. The minimum absolute atomic E-state index is 0.0578. The molecule has 1 aliphatic carbocycles. The fraction of sp³-hybridized carbons (Fsp3) is 0.690. The number of nitrogens with one attached hydrogen (secondary N) is 2. The van der Waals surface area contributed by atoms with Crippen LogP contribution in [0.4, 0.5) is 5.69 Å². The zero-order valence-corrected chi connectivity index (χ0v) is 24.5. The molecule has 3 aliphatic heterocycles. The molecular weight excluding hydrogens is 566 g/mol. The van der Waals surface area contributed by atoms with Crippen LogP contribution in [0.25, 0.3) is 0 Å². The van der Waals surface area contributed by atoms with E-state index in [4.69, 9.17) is 9.47 Å². The van der Waals surface area contributed by atoms with Crippen molar-refractivity contribution in [3.63, 3.8) is 0 Å². The molecule has 39 heavy (non-hydrogen) atoms. The molecule has 3 unspecified atom stereocenters. The number of nitrogens with zero attached hydrogens (tertiary/aromatic N) is 1. The molecule has 10 heteroatoms. The number of aliphatic hydroxyl groups is 1. The molecule has 1 saturated carbocycles. The maximum Gasteiger partial charge on any atom is 0.246 e. The van der Waals surface area contributed by atoms with Crippen molar-refractivity contribution in [1.82, 2.24) is 10.2 Å². The van der Waals surface area contributed by atoms with Crippen LogP contribution in [0, 0.1) is 17.8 Å². The first-order valence-corrected chi connectivity index (χ1v) is 15.2. The molecule has 1 aromatic carbocycles. The van der Waals surface area contributed by atoms with Crippen LogP contribution in [-0.4, -0.2) is 75.6 Å². The SMILES string of the molecule is CCOc1ccc(NC(=O)[C@H]2[C@H]3C(=O)N([C@@H](CO)C(C)C)C(C(=O)NC4CCCCC4)C34CC(Br)[C@@H]2O4)cc1. The highest BCUT2D eigenvalue weighted by atomic mass is 79.9. The molecule has 5 rings (SSSR count). The van der Waals surface area contributed by atoms with Gasteiger partial charge in [-0.25, -0.2) is 0 Å². The number of hydrogen-bond acceptors (Lipinski definition) is 6. The van der Waals surface area contributed by atoms with Gasteiger partial charge < -0.3 is 30.1 Å². The molecule has 0 aromatic heterocycles. The number of carbonyl (C=O) groups excluding carboxylic acids is 3. The first-order chi connectivity index (χ1) is 18.7. The Morgan fingerprint density at radius 1 is 1.18 bits per heavy atom. The van der Waals surface area contributed by atoms with Gasteiger partial charge in [0.15, 0.2) is 0 Å². The van der Waals surface area contributed by atoms with Gasteiger partial charge in [-0.3, -0.25) is 14.4 Å². The standard InChI is InChI=1S/C29H40BrN3O6/c1-4-38-19-12-10-18(11-13-19)31-26(35)22-23-28(37)33(21(15-34)16(2)3)25(29(23)14-20(30)24(22)39-29)27(36)32-17-8-6-5-7-9-17/h10-13,16-17,20-25,34H,4-9,14-15H2,1-3H3,(H,31,35)(H,32,36)/t20?,21-,22-,23-,24-,25?,29?/m0/s1. The number of rotatable bonds is 9. The zero-order valence-electron chi connectivity index (χ0n) is 22.9. The van der Waals surface area contributed by atoms with Crippen LogP contribution in [-0.2, 0) is 19.1 Å². The van der Waals surface area contributed by atoms with Gasteiger partial charge in [0.25, 0.3) is 0 Å². The average Bonchev–Trinajstić information content (AvgIpc) is 3.50. The number of carbonyl (C=O) groups is 3. The van der Waals surface area contributed by atoms with Crippen molar-refractivity contribution in [2.24, 2.45) is 17.8 Å². The summed E-state index contributed by atoms with van der Waals surface area (Å²) in [4.78, 5) is 43.3. The van der Waals surface area contributed by atoms with Crippen LogP contribution >= 0.6 is 15.9 Å². The largest absolute Gasteiger partial charge is 0.494 e. The second kappa shape index (κ2) is 11.4. The normalized spacial score (nSPS) is 32.8. The number of amides is 3. The van der Waals surface area contributed by atoms with E-state index >= 15 is 0 Å². The number of benzene rings is 1. The molecule has 1 spiro atoms. The lowest BCUT2D eigenvalue weighted by Gasteiger charge is -2.39. The third kappa shape index (κ3) is 4.97. The van der Waals surface area contributed by atoms with Gasteiger partial charge >= 0.3 is 0 Å². The van der Waals surface area contributed by atoms with Crippen LogP contribution in [0.3, 0.4) is 0 Å². The summed E-state index contributed by atoms with van der Waals surface area (Å²) in [5.74, 6) is -1.82. The highest BCUT2D eigenvalue weighted by Crippen LogP contribution is 2.60. The fourth-order valence-electron chi connectivity index (χ4n) is 7.20. The summed E-state index contributed by atoms with van der Waals surface area (Å²) >= 11 is 3.71. The first kappa shape index (κ1) is 28.4. The van der Waals surface area contributed by atoms with Gasteiger partial charge in [0.05, 0.1) is 37.2 Å². The monoisotopic (exact) mass is 605 g/mol. The van der Waals surface area contributed by atoms with E-state index in [1.165, 1.54) is 0 Å². The predicted octanol–water partition coefficient (Wildman–Crippen LogP) is 3.24. The Morgan fingerprint density at radius 2 is 1.87 bits per heavy atom. The maximum absolute atomic E-state index is 14.2. The van der Waals surface area contributed by atoms with Crippen LogP contribution in [0.15, 0.2) is 24.3 Å². The molecule has 3 N–H and O–H groups in total. The summed E-state index contributed by atoms with van der Waals surface area (Å²) in [6.07, 6.45) is 5.01. The van der Waals surface area contributed by atoms with Gasteiger partial charge in [-0.1, -0.05) is 49.0 Å². The van der Waals surface area contributed by atoms with Crippen molar-refractivity contribution in [3.05, 3.63) is 24.3 Å². The van der Waals surface area contributed by atoms with Crippen molar-refractivity contribution < 1.29 is 29.0 Å². The number of fused-ring (bicyclic) bond motifs is 1. The molecule has 2 bridgehead atoms. The van der Waals surface area contributed by atoms with E-state index in [9.17, 15) is 19.5 Å². The Hall–Kier alpha value is -2.17. The van der Waals surface area contributed by atoms with Crippen molar-refractivity contribution in [3.8, 4) is 5.75 Å². The highest BCUT2D eigenvalue weighted by Gasteiger charge is 2.77. The van der Waals surface area contributed by atoms with E-state index < -0.39 is 35.6 Å². The second-order valence-electron chi connectivity index (χ2n) is 11.7. The third-order valence-electron chi connectivity index (χ3n) is 8.98. The van der Waals surface area contributed by atoms with Crippen molar-refractivity contribution in [2.75, 3.05) is 18.5 Å². The lowest BCUT2D eigenvalue weighted by Crippen LogP contribution is -2.60. The molecule has 214 valence electrons. The smallest absolute Gasteiger partial charge is 0.246 e. The number of alkyl halides is 1. The Bertz CT molecular complexity index is 1080. The summed E-state index contributed by atoms with van der Waals surface area (Å²) in [6, 6.07) is 5.68. The fourth-order valence-corrected chi connectivity index (χ4v) is 8.14. The van der Waals surface area contributed by atoms with E-state index in [0.29, 0.717) is 24.5 Å². The predicted molar refractivity (Wildman–Crippen MR) is 150 cm³/mol. The average molecular weight is 607 g/mol. The summed E-state index contributed by atoms with van der Waals surface area (Å²) in [5, 5.41) is 16.5. The topological polar surface area (TPSA) is 117 Å². The van der Waals surface area contributed by atoms with E-state index in [1.54, 1.807) is 29.2 Å². The molecule has 1 aromatic rings. The summed E-state index contributed by atoms with van der Waals surface area (Å²) in [7, 11) is 0. The van der Waals surface area contributed by atoms with E-state index in [1.807, 2.05) is 20.8 Å². The van der Waals surface area contributed by atoms with Crippen molar-refractivity contribution >= 4 is 39.3 Å². The first-order valence-electron chi connectivity index (χ1n) is 14.3. The maximum atomic E-state index is 14.2. The van der Waals surface area contributed by atoms with E-state index in [0.717, 1.165) is 32.1 Å². The summed E-state index contributed by atoms with van der Waals surface area (Å²) in [6.45, 7) is 6.03. The number of anilines is 1. The second-order valence-corrected chi connectivity index (χ2v) is 12.9. The molecule has 9 nitrogen and oxygen atoms in total. The van der Waals surface area contributed by atoms with Gasteiger partial charge in [0, 0.05) is 16.6 Å². The Morgan fingerprint density at radius 3 is 2.49 bits per heavy atom. The summed E-state index contributed by atoms with van der Waals surface area (Å²) in [5.41, 5.74) is -0.548. The molecule has 0 radical (unpaired) electrons. The Labute approximate surface area is 238 Å². The summed E-state index contributed by atoms with van der Waals surface area (Å²) < 4.78 is 12.1. The number of likely N-dealkylation sites (tertiary alicyclic amines) is 1. The lowest BCUT2D eigenvalue weighted by molar-refractivity contribution is -0.146. The molecular formula is C29H40BrN3O6. The van der Waals surface area contributed by atoms with E-state index in [2.05, 4.69) is 26.6 Å². The number of aliphatic hydroxyl groups excluding tert-OH is 1. The van der Waals surface area contributed by atoms with Crippen molar-refractivity contribution in [2.45, 2.75) is 94.0 Å². The zero-order chi connectivity index (χ0) is 27.9. The molecule has 4 fully saturated rings. The number of hydrogen-bond donors (Lipinski definition) is 3. The lowest BCUT2D eigenvalue weighted by atomic mass is 9.70. The van der Waals surface area contributed by atoms with Crippen molar-refractivity contribution in [1.29, 1.82) is 0 Å². The van der Waals surface area contributed by atoms with Gasteiger partial charge in [-0.05, 0) is 56.4 Å². The minimum atomic E-state index is -1.14. The minimum Gasteiger partial charge on any atom is -0.494 e. The quantitative estimate of drug-likeness (QED) is 0.372. The number of halogens is 1. The third-order valence-corrected chi connectivity index (χ3v) is 9.82. The van der Waals surface area contributed by atoms with Crippen LogP contribution in [0.2, 0.25) is 0 Å². The van der Waals surface area contributed by atoms with Gasteiger partial charge in [0.1, 0.15) is 17.4 Å². The molecule has 3 saturated heterocycles. The van der Waals surface area contributed by atoms with Crippen LogP contribution in [0.1, 0.15) is 59.3 Å². The van der Waals surface area contributed by atoms with E-state index in [-0.39, 0.29) is 41.1 Å². The number of ether oxygens (including phenoxy) is 2. The Kier molecular flexibility index (Phi) is 8.27. The van der Waals surface area contributed by atoms with Gasteiger partial charge in [-0.2, -0.15) is 0 Å². The van der Waals surface area contributed by atoms with Gasteiger partial charge in [-0.15, -0.1) is 0 Å². The molecule has 7 atom stereocenters. The highest BCUT2D eigenvalue weighted by molar-refractivity contribution is 9.09.